The Hall–Kier alpha value is -0.570. The molecular weight excluding hydrogens is 190 g/mol. The molecule has 0 radical (unpaired) electrons. The predicted octanol–water partition coefficient (Wildman–Crippen LogP) is 1.02. The van der Waals surface area contributed by atoms with Crippen LogP contribution in [0.15, 0.2) is 0 Å². The van der Waals surface area contributed by atoms with Gasteiger partial charge in [-0.1, -0.05) is 6.42 Å². The summed E-state index contributed by atoms with van der Waals surface area (Å²) in [5, 5.41) is 9.77. The number of carbonyl (C=O) groups excluding carboxylic acids is 1. The van der Waals surface area contributed by atoms with E-state index in [0.29, 0.717) is 23.7 Å². The molecule has 3 fully saturated rings. The van der Waals surface area contributed by atoms with E-state index in [1.54, 1.807) is 0 Å². The van der Waals surface area contributed by atoms with Crippen molar-refractivity contribution in [3.05, 3.63) is 0 Å². The lowest BCUT2D eigenvalue weighted by Crippen LogP contribution is -2.38. The van der Waals surface area contributed by atoms with Crippen LogP contribution in [-0.4, -0.2) is 35.1 Å². The van der Waals surface area contributed by atoms with Crippen LogP contribution in [0.1, 0.15) is 32.1 Å². The maximum atomic E-state index is 12.0. The molecule has 3 unspecified atom stereocenters. The zero-order valence-electron chi connectivity index (χ0n) is 9.06. The minimum absolute atomic E-state index is 0.144. The van der Waals surface area contributed by atoms with Crippen LogP contribution in [0.25, 0.3) is 0 Å². The zero-order valence-corrected chi connectivity index (χ0v) is 9.06. The van der Waals surface area contributed by atoms with Crippen LogP contribution in [0, 0.1) is 17.8 Å². The summed E-state index contributed by atoms with van der Waals surface area (Å²) in [7, 11) is 0. The molecule has 3 rings (SSSR count). The fourth-order valence-electron chi connectivity index (χ4n) is 3.33. The first-order valence-electron chi connectivity index (χ1n) is 6.22. The van der Waals surface area contributed by atoms with Gasteiger partial charge in [-0.05, 0) is 31.6 Å². The molecule has 0 spiro atoms. The Kier molecular flexibility index (Phi) is 2.23. The molecule has 1 amide bonds. The van der Waals surface area contributed by atoms with Crippen LogP contribution < -0.4 is 0 Å². The lowest BCUT2D eigenvalue weighted by atomic mass is 9.84. The molecule has 3 aliphatic rings. The Bertz CT molecular complexity index is 275. The Morgan fingerprint density at radius 2 is 1.93 bits per heavy atom. The van der Waals surface area contributed by atoms with E-state index < -0.39 is 0 Å². The minimum Gasteiger partial charge on any atom is -0.393 e. The highest BCUT2D eigenvalue weighted by Gasteiger charge is 2.44. The van der Waals surface area contributed by atoms with Gasteiger partial charge in [0.1, 0.15) is 0 Å². The summed E-state index contributed by atoms with van der Waals surface area (Å²) < 4.78 is 0. The number of likely N-dealkylation sites (tertiary alicyclic amines) is 1. The van der Waals surface area contributed by atoms with Crippen LogP contribution in [0.5, 0.6) is 0 Å². The summed E-state index contributed by atoms with van der Waals surface area (Å²) in [6.07, 6.45) is 5.32. The number of carbonyl (C=O) groups is 1. The van der Waals surface area contributed by atoms with Gasteiger partial charge in [0.15, 0.2) is 0 Å². The molecule has 2 aliphatic carbocycles. The molecule has 1 N–H and O–H groups in total. The smallest absolute Gasteiger partial charge is 0.225 e. The molecule has 1 saturated heterocycles. The highest BCUT2D eigenvalue weighted by molar-refractivity contribution is 5.79. The molecule has 84 valence electrons. The van der Waals surface area contributed by atoms with Gasteiger partial charge in [0, 0.05) is 24.9 Å². The van der Waals surface area contributed by atoms with Crippen molar-refractivity contribution in [1.29, 1.82) is 0 Å². The first-order chi connectivity index (χ1) is 7.25. The van der Waals surface area contributed by atoms with Crippen molar-refractivity contribution in [2.75, 3.05) is 13.1 Å². The number of rotatable bonds is 1. The number of fused-ring (bicyclic) bond motifs is 1. The summed E-state index contributed by atoms with van der Waals surface area (Å²) in [5.41, 5.74) is 0. The topological polar surface area (TPSA) is 40.5 Å². The van der Waals surface area contributed by atoms with Gasteiger partial charge in [-0.3, -0.25) is 4.79 Å². The maximum Gasteiger partial charge on any atom is 0.225 e. The van der Waals surface area contributed by atoms with E-state index in [2.05, 4.69) is 0 Å². The molecule has 0 bridgehead atoms. The zero-order chi connectivity index (χ0) is 10.4. The Balaban J connectivity index is 1.63. The third-order valence-corrected chi connectivity index (χ3v) is 4.59. The van der Waals surface area contributed by atoms with Gasteiger partial charge in [-0.2, -0.15) is 0 Å². The van der Waals surface area contributed by atoms with Gasteiger partial charge in [-0.15, -0.1) is 0 Å². The van der Waals surface area contributed by atoms with Gasteiger partial charge in [0.2, 0.25) is 5.91 Å². The van der Waals surface area contributed by atoms with Crippen molar-refractivity contribution in [2.45, 2.75) is 38.2 Å². The second-order valence-electron chi connectivity index (χ2n) is 5.44. The lowest BCUT2D eigenvalue weighted by Gasteiger charge is -2.29. The monoisotopic (exact) mass is 209 g/mol. The maximum absolute atomic E-state index is 12.0. The summed E-state index contributed by atoms with van der Waals surface area (Å²) in [5.74, 6) is 1.65. The summed E-state index contributed by atoms with van der Waals surface area (Å²) in [6, 6.07) is 0. The molecule has 0 aromatic carbocycles. The van der Waals surface area contributed by atoms with Crippen LogP contribution in [0.3, 0.4) is 0 Å². The van der Waals surface area contributed by atoms with Crippen LogP contribution in [-0.2, 0) is 4.79 Å². The van der Waals surface area contributed by atoms with Crippen molar-refractivity contribution in [1.82, 2.24) is 4.90 Å². The molecule has 3 nitrogen and oxygen atoms in total. The van der Waals surface area contributed by atoms with Gasteiger partial charge < -0.3 is 10.0 Å². The SMILES string of the molecule is O=C(C1CCC1)N1CC2CCC(O)C2C1. The molecule has 2 saturated carbocycles. The highest BCUT2D eigenvalue weighted by atomic mass is 16.3. The van der Waals surface area contributed by atoms with E-state index in [1.165, 1.54) is 6.42 Å². The van der Waals surface area contributed by atoms with E-state index in [-0.39, 0.29) is 6.10 Å². The average molecular weight is 209 g/mol. The Morgan fingerprint density at radius 1 is 1.13 bits per heavy atom. The summed E-state index contributed by atoms with van der Waals surface area (Å²) >= 11 is 0. The fraction of sp³-hybridized carbons (Fsp3) is 0.917. The Morgan fingerprint density at radius 3 is 2.53 bits per heavy atom. The van der Waals surface area contributed by atoms with E-state index >= 15 is 0 Å². The van der Waals surface area contributed by atoms with Crippen molar-refractivity contribution < 1.29 is 9.90 Å². The summed E-state index contributed by atoms with van der Waals surface area (Å²) in [4.78, 5) is 14.0. The molecular formula is C12H19NO2. The number of amides is 1. The van der Waals surface area contributed by atoms with Crippen molar-refractivity contribution in [3.8, 4) is 0 Å². The number of aliphatic hydroxyl groups excluding tert-OH is 1. The molecule has 1 aliphatic heterocycles. The second kappa shape index (κ2) is 3.48. The molecule has 0 aromatic heterocycles. The molecule has 15 heavy (non-hydrogen) atoms. The quantitative estimate of drug-likeness (QED) is 0.700. The number of hydrogen-bond acceptors (Lipinski definition) is 2. The third-order valence-electron chi connectivity index (χ3n) is 4.59. The van der Waals surface area contributed by atoms with Gasteiger partial charge in [0.05, 0.1) is 6.10 Å². The average Bonchev–Trinajstić information content (AvgIpc) is 2.65. The number of nitrogens with zero attached hydrogens (tertiary/aromatic N) is 1. The van der Waals surface area contributed by atoms with E-state index in [9.17, 15) is 9.90 Å². The van der Waals surface area contributed by atoms with Gasteiger partial charge in [-0.25, -0.2) is 0 Å². The second-order valence-corrected chi connectivity index (χ2v) is 5.44. The molecule has 0 aromatic rings. The minimum atomic E-state index is -0.144. The van der Waals surface area contributed by atoms with Crippen molar-refractivity contribution in [3.63, 3.8) is 0 Å². The number of hydrogen-bond donors (Lipinski definition) is 1. The van der Waals surface area contributed by atoms with Gasteiger partial charge >= 0.3 is 0 Å². The predicted molar refractivity (Wildman–Crippen MR) is 56.1 cm³/mol. The fourth-order valence-corrected chi connectivity index (χ4v) is 3.33. The number of aliphatic hydroxyl groups is 1. The van der Waals surface area contributed by atoms with Crippen molar-refractivity contribution in [2.24, 2.45) is 17.8 Å². The lowest BCUT2D eigenvalue weighted by molar-refractivity contribution is -0.137. The van der Waals surface area contributed by atoms with Crippen LogP contribution in [0.4, 0.5) is 0 Å². The largest absolute Gasteiger partial charge is 0.393 e. The molecule has 3 heteroatoms. The standard InChI is InChI=1S/C12H19NO2/c14-11-5-4-9-6-13(7-10(9)11)12(15)8-2-1-3-8/h8-11,14H,1-7H2. The van der Waals surface area contributed by atoms with Crippen LogP contribution in [0.2, 0.25) is 0 Å². The van der Waals surface area contributed by atoms with E-state index in [0.717, 1.165) is 38.8 Å². The molecule has 3 atom stereocenters. The summed E-state index contributed by atoms with van der Waals surface area (Å²) in [6.45, 7) is 1.73. The van der Waals surface area contributed by atoms with Crippen molar-refractivity contribution >= 4 is 5.91 Å². The first-order valence-corrected chi connectivity index (χ1v) is 6.22. The molecule has 1 heterocycles. The normalized spacial score (nSPS) is 40.3. The van der Waals surface area contributed by atoms with E-state index in [4.69, 9.17) is 0 Å². The Labute approximate surface area is 90.5 Å². The van der Waals surface area contributed by atoms with E-state index in [1.807, 2.05) is 4.90 Å². The highest BCUT2D eigenvalue weighted by Crippen LogP contribution is 2.39. The first kappa shape index (κ1) is 9.64. The third kappa shape index (κ3) is 1.48. The van der Waals surface area contributed by atoms with Gasteiger partial charge in [0.25, 0.3) is 0 Å². The van der Waals surface area contributed by atoms with Crippen LogP contribution >= 0.6 is 0 Å².